The van der Waals surface area contributed by atoms with Gasteiger partial charge < -0.3 is 19.7 Å². The molecule has 0 aliphatic carbocycles. The number of nitrogens with one attached hydrogen (secondary N) is 1. The van der Waals surface area contributed by atoms with E-state index in [1.54, 1.807) is 48.5 Å². The molecule has 1 saturated heterocycles. The number of rotatable bonds is 6. The molecule has 1 aliphatic heterocycles. The van der Waals surface area contributed by atoms with Gasteiger partial charge in [-0.05, 0) is 31.2 Å². The van der Waals surface area contributed by atoms with Crippen LogP contribution in [0.5, 0.6) is 5.75 Å². The van der Waals surface area contributed by atoms with Gasteiger partial charge in [0.05, 0.1) is 30.0 Å². The number of carbonyl (C=O) groups is 3. The number of hydrogen-bond donors (Lipinski definition) is 1. The van der Waals surface area contributed by atoms with Gasteiger partial charge in [-0.1, -0.05) is 24.3 Å². The fourth-order valence-electron chi connectivity index (χ4n) is 3.20. The number of methoxy groups -OCH3 is 1. The molecule has 0 radical (unpaired) electrons. The van der Waals surface area contributed by atoms with Crippen LogP contribution in [-0.4, -0.2) is 37.5 Å². The van der Waals surface area contributed by atoms with Gasteiger partial charge in [0.1, 0.15) is 11.8 Å². The Morgan fingerprint density at radius 1 is 1.20 bits per heavy atom. The van der Waals surface area contributed by atoms with Crippen LogP contribution in [0.3, 0.4) is 0 Å². The van der Waals surface area contributed by atoms with Crippen molar-refractivity contribution in [2.75, 3.05) is 23.9 Å². The highest BCUT2D eigenvalue weighted by molar-refractivity contribution is 6.01. The molecule has 3 rings (SSSR count). The van der Waals surface area contributed by atoms with Crippen molar-refractivity contribution < 1.29 is 23.9 Å². The molecule has 1 aliphatic rings. The minimum Gasteiger partial charge on any atom is -0.495 e. The lowest BCUT2D eigenvalue weighted by atomic mass is 10.1. The predicted octanol–water partition coefficient (Wildman–Crippen LogP) is 2.49. The van der Waals surface area contributed by atoms with Gasteiger partial charge in [0.15, 0.2) is 6.10 Å². The number of nitriles is 1. The zero-order chi connectivity index (χ0) is 21.7. The molecule has 0 spiro atoms. The second kappa shape index (κ2) is 9.09. The summed E-state index contributed by atoms with van der Waals surface area (Å²) in [6.45, 7) is 1.58. The molecular weight excluding hydrogens is 386 g/mol. The summed E-state index contributed by atoms with van der Waals surface area (Å²) in [7, 11) is 1.51. The van der Waals surface area contributed by atoms with Crippen molar-refractivity contribution in [1.29, 1.82) is 5.26 Å². The van der Waals surface area contributed by atoms with Gasteiger partial charge in [0.25, 0.3) is 5.91 Å². The summed E-state index contributed by atoms with van der Waals surface area (Å²) in [4.78, 5) is 38.8. The van der Waals surface area contributed by atoms with Crippen molar-refractivity contribution in [1.82, 2.24) is 0 Å². The number of para-hydroxylation sites is 3. The average Bonchev–Trinajstić information content (AvgIpc) is 3.15. The summed E-state index contributed by atoms with van der Waals surface area (Å²) in [6, 6.07) is 15.6. The molecule has 2 atom stereocenters. The van der Waals surface area contributed by atoms with E-state index < -0.39 is 23.9 Å². The van der Waals surface area contributed by atoms with Crippen LogP contribution >= 0.6 is 0 Å². The third-order valence-electron chi connectivity index (χ3n) is 4.80. The summed E-state index contributed by atoms with van der Waals surface area (Å²) in [5.41, 5.74) is 1.23. The van der Waals surface area contributed by atoms with Gasteiger partial charge in [-0.25, -0.2) is 0 Å². The van der Waals surface area contributed by atoms with Crippen molar-refractivity contribution in [2.24, 2.45) is 5.92 Å². The molecule has 2 amide bonds. The lowest BCUT2D eigenvalue weighted by Crippen LogP contribution is -2.33. The summed E-state index contributed by atoms with van der Waals surface area (Å²) in [5, 5.41) is 11.7. The molecule has 2 aromatic rings. The second-order valence-electron chi connectivity index (χ2n) is 6.80. The first-order chi connectivity index (χ1) is 14.4. The van der Waals surface area contributed by atoms with Crippen LogP contribution < -0.4 is 15.0 Å². The molecule has 8 heteroatoms. The predicted molar refractivity (Wildman–Crippen MR) is 109 cm³/mol. The van der Waals surface area contributed by atoms with Crippen molar-refractivity contribution in [3.63, 3.8) is 0 Å². The van der Waals surface area contributed by atoms with E-state index >= 15 is 0 Å². The second-order valence-corrected chi connectivity index (χ2v) is 6.80. The highest BCUT2D eigenvalue weighted by Crippen LogP contribution is 2.33. The molecule has 0 bridgehead atoms. The number of ether oxygens (including phenoxy) is 2. The van der Waals surface area contributed by atoms with E-state index in [1.165, 1.54) is 18.9 Å². The third kappa shape index (κ3) is 4.41. The molecule has 1 N–H and O–H groups in total. The number of nitrogens with zero attached hydrogens (tertiary/aromatic N) is 2. The number of esters is 1. The topological polar surface area (TPSA) is 109 Å². The Balaban J connectivity index is 1.62. The molecule has 2 aromatic carbocycles. The van der Waals surface area contributed by atoms with Crippen molar-refractivity contribution in [3.8, 4) is 11.8 Å². The average molecular weight is 407 g/mol. The lowest BCUT2D eigenvalue weighted by molar-refractivity contribution is -0.157. The van der Waals surface area contributed by atoms with E-state index in [4.69, 9.17) is 14.7 Å². The zero-order valence-corrected chi connectivity index (χ0v) is 16.6. The summed E-state index contributed by atoms with van der Waals surface area (Å²) < 4.78 is 10.6. The fourth-order valence-corrected chi connectivity index (χ4v) is 3.20. The molecule has 30 heavy (non-hydrogen) atoms. The van der Waals surface area contributed by atoms with E-state index in [2.05, 4.69) is 5.32 Å². The Labute approximate surface area is 174 Å². The fraction of sp³-hybridized carbons (Fsp3) is 0.273. The zero-order valence-electron chi connectivity index (χ0n) is 16.6. The minimum atomic E-state index is -1.08. The van der Waals surface area contributed by atoms with Crippen LogP contribution in [0.4, 0.5) is 11.4 Å². The van der Waals surface area contributed by atoms with Crippen molar-refractivity contribution in [2.45, 2.75) is 19.4 Å². The molecule has 1 fully saturated rings. The van der Waals surface area contributed by atoms with Crippen molar-refractivity contribution >= 4 is 29.2 Å². The van der Waals surface area contributed by atoms with Gasteiger partial charge in [-0.15, -0.1) is 0 Å². The van der Waals surface area contributed by atoms with Crippen LogP contribution in [0.2, 0.25) is 0 Å². The summed E-state index contributed by atoms with van der Waals surface area (Å²) >= 11 is 0. The normalized spacial score (nSPS) is 16.5. The first-order valence-electron chi connectivity index (χ1n) is 9.38. The quantitative estimate of drug-likeness (QED) is 0.737. The standard InChI is InChI=1S/C22H21N3O5/c1-14(21(27)24-17-8-4-3-7-15(17)12-23)30-22(28)16-11-20(26)25(13-16)18-9-5-6-10-19(18)29-2/h3-10,14,16H,11,13H2,1-2H3,(H,24,27)/t14-,16-/m1/s1. The maximum atomic E-state index is 12.5. The summed E-state index contributed by atoms with van der Waals surface area (Å²) in [6.07, 6.45) is -1.10. The largest absolute Gasteiger partial charge is 0.495 e. The highest BCUT2D eigenvalue weighted by atomic mass is 16.5. The molecule has 0 aromatic heterocycles. The van der Waals surface area contributed by atoms with E-state index in [9.17, 15) is 14.4 Å². The maximum Gasteiger partial charge on any atom is 0.312 e. The molecule has 1 heterocycles. The SMILES string of the molecule is COc1ccccc1N1C[C@H](C(=O)O[C@H](C)C(=O)Nc2ccccc2C#N)CC1=O. The van der Waals surface area contributed by atoms with Crippen molar-refractivity contribution in [3.05, 3.63) is 54.1 Å². The smallest absolute Gasteiger partial charge is 0.312 e. The van der Waals surface area contributed by atoms with Gasteiger partial charge in [0, 0.05) is 13.0 Å². The van der Waals surface area contributed by atoms with Crippen LogP contribution in [0.15, 0.2) is 48.5 Å². The van der Waals surface area contributed by atoms with E-state index in [0.717, 1.165) is 0 Å². The van der Waals surface area contributed by atoms with Gasteiger partial charge in [-0.2, -0.15) is 5.26 Å². The molecule has 0 unspecified atom stereocenters. The lowest BCUT2D eigenvalue weighted by Gasteiger charge is -2.20. The molecule has 8 nitrogen and oxygen atoms in total. The monoisotopic (exact) mass is 407 g/mol. The summed E-state index contributed by atoms with van der Waals surface area (Å²) in [5.74, 6) is -1.57. The van der Waals surface area contributed by atoms with Crippen LogP contribution in [0.25, 0.3) is 0 Å². The number of amides is 2. The third-order valence-corrected chi connectivity index (χ3v) is 4.80. The molecule has 0 saturated carbocycles. The Kier molecular flexibility index (Phi) is 6.32. The first-order valence-corrected chi connectivity index (χ1v) is 9.38. The Morgan fingerprint density at radius 2 is 1.90 bits per heavy atom. The Bertz CT molecular complexity index is 1010. The number of hydrogen-bond acceptors (Lipinski definition) is 6. The van der Waals surface area contributed by atoms with Gasteiger partial charge in [0.2, 0.25) is 5.91 Å². The molecular formula is C22H21N3O5. The maximum absolute atomic E-state index is 12.5. The van der Waals surface area contributed by atoms with E-state index in [-0.39, 0.29) is 18.9 Å². The first kappa shape index (κ1) is 20.9. The van der Waals surface area contributed by atoms with Gasteiger partial charge >= 0.3 is 5.97 Å². The Morgan fingerprint density at radius 3 is 2.63 bits per heavy atom. The van der Waals surface area contributed by atoms with Crippen LogP contribution in [0, 0.1) is 17.2 Å². The number of benzene rings is 2. The van der Waals surface area contributed by atoms with Crippen LogP contribution in [-0.2, 0) is 19.1 Å². The highest BCUT2D eigenvalue weighted by Gasteiger charge is 2.38. The van der Waals surface area contributed by atoms with E-state index in [0.29, 0.717) is 22.7 Å². The molecule has 154 valence electrons. The minimum absolute atomic E-state index is 0.0114. The van der Waals surface area contributed by atoms with E-state index in [1.807, 2.05) is 6.07 Å². The number of carbonyl (C=O) groups excluding carboxylic acids is 3. The number of anilines is 2. The Hall–Kier alpha value is -3.86. The van der Waals surface area contributed by atoms with Gasteiger partial charge in [-0.3, -0.25) is 14.4 Å². The van der Waals surface area contributed by atoms with Crippen LogP contribution in [0.1, 0.15) is 18.9 Å².